The van der Waals surface area contributed by atoms with Gasteiger partial charge in [-0.15, -0.1) is 0 Å². The summed E-state index contributed by atoms with van der Waals surface area (Å²) in [6.45, 7) is 1.92. The Balaban J connectivity index is 1.06. The second kappa shape index (κ2) is 13.3. The van der Waals surface area contributed by atoms with Crippen molar-refractivity contribution in [2.24, 2.45) is 4.99 Å². The Kier molecular flexibility index (Phi) is 9.30. The van der Waals surface area contributed by atoms with Crippen molar-refractivity contribution in [1.29, 1.82) is 0 Å². The second-order valence-corrected chi connectivity index (χ2v) is 10.8. The van der Waals surface area contributed by atoms with E-state index in [-0.39, 0.29) is 11.9 Å². The van der Waals surface area contributed by atoms with Crippen molar-refractivity contribution < 1.29 is 28.5 Å². The Hall–Kier alpha value is -3.47. The van der Waals surface area contributed by atoms with Gasteiger partial charge in [-0.1, -0.05) is 0 Å². The van der Waals surface area contributed by atoms with Crippen LogP contribution in [0.5, 0.6) is 34.5 Å². The molecular formula is C31H33IN2O6. The van der Waals surface area contributed by atoms with Crippen LogP contribution in [0.4, 0.5) is 5.69 Å². The normalized spacial score (nSPS) is 15.7. The Morgan fingerprint density at radius 1 is 0.850 bits per heavy atom. The Bertz CT molecular complexity index is 1360. The molecule has 2 heterocycles. The molecule has 9 heteroatoms. The van der Waals surface area contributed by atoms with Crippen molar-refractivity contribution in [3.8, 4) is 34.5 Å². The molecule has 0 bridgehead atoms. The van der Waals surface area contributed by atoms with E-state index in [1.54, 1.807) is 20.3 Å². The standard InChI is InChI=1S/C31H33IN2O6/c1-36-22-8-10-23(11-9-22)40-28-13-12-24(17-26(28)32)38-15-4-3-5-16-39-30-19-27-25(18-29(30)37-2)31(35)34-14-6-7-21(34)20-33-27/h8-13,17-21H,3-7,14-16H2,1-2H3/t21-/m0/s1. The van der Waals surface area contributed by atoms with Gasteiger partial charge in [0.05, 0.1) is 48.3 Å². The number of carbonyl (C=O) groups is 1. The number of rotatable bonds is 12. The molecule has 2 aliphatic rings. The lowest BCUT2D eigenvalue weighted by molar-refractivity contribution is 0.0774. The first kappa shape index (κ1) is 28.1. The van der Waals surface area contributed by atoms with E-state index in [2.05, 4.69) is 27.6 Å². The summed E-state index contributed by atoms with van der Waals surface area (Å²) in [5.74, 6) is 4.30. The van der Waals surface area contributed by atoms with Crippen LogP contribution in [0.3, 0.4) is 0 Å². The van der Waals surface area contributed by atoms with Crippen LogP contribution in [0.15, 0.2) is 59.6 Å². The summed E-state index contributed by atoms with van der Waals surface area (Å²) in [5.41, 5.74) is 1.20. The zero-order valence-corrected chi connectivity index (χ0v) is 24.9. The van der Waals surface area contributed by atoms with Gasteiger partial charge in [0.15, 0.2) is 11.5 Å². The number of aliphatic imine (C=N–C) groups is 1. The van der Waals surface area contributed by atoms with Crippen molar-refractivity contribution in [3.05, 3.63) is 63.7 Å². The third-order valence-electron chi connectivity index (χ3n) is 6.96. The van der Waals surface area contributed by atoms with E-state index in [4.69, 9.17) is 23.7 Å². The molecule has 0 N–H and O–H groups in total. The minimum atomic E-state index is 0.00828. The highest BCUT2D eigenvalue weighted by Crippen LogP contribution is 2.38. The predicted octanol–water partition coefficient (Wildman–Crippen LogP) is 7.05. The minimum Gasteiger partial charge on any atom is -0.497 e. The lowest BCUT2D eigenvalue weighted by Crippen LogP contribution is -2.35. The van der Waals surface area contributed by atoms with E-state index in [0.717, 1.165) is 65.2 Å². The highest BCUT2D eigenvalue weighted by Gasteiger charge is 2.32. The summed E-state index contributed by atoms with van der Waals surface area (Å²) < 4.78 is 29.7. The van der Waals surface area contributed by atoms with Crippen LogP contribution >= 0.6 is 22.6 Å². The molecule has 0 saturated carbocycles. The molecule has 0 unspecified atom stereocenters. The van der Waals surface area contributed by atoms with Gasteiger partial charge < -0.3 is 28.6 Å². The van der Waals surface area contributed by atoms with Crippen molar-refractivity contribution >= 4 is 40.4 Å². The molecule has 3 aromatic carbocycles. The first-order chi connectivity index (χ1) is 19.6. The molecule has 5 rings (SSSR count). The Labute approximate surface area is 248 Å². The van der Waals surface area contributed by atoms with Gasteiger partial charge in [0.2, 0.25) is 0 Å². The van der Waals surface area contributed by atoms with Gasteiger partial charge in [-0.3, -0.25) is 9.79 Å². The lowest BCUT2D eigenvalue weighted by Gasteiger charge is -2.20. The number of amides is 1. The topological polar surface area (TPSA) is 78.8 Å². The number of nitrogens with zero attached hydrogens (tertiary/aromatic N) is 2. The molecule has 8 nitrogen and oxygen atoms in total. The molecule has 0 aromatic heterocycles. The highest BCUT2D eigenvalue weighted by atomic mass is 127. The van der Waals surface area contributed by atoms with E-state index in [1.807, 2.05) is 59.6 Å². The molecule has 40 heavy (non-hydrogen) atoms. The number of hydrogen-bond donors (Lipinski definition) is 0. The Morgan fingerprint density at radius 3 is 2.35 bits per heavy atom. The van der Waals surface area contributed by atoms with Crippen molar-refractivity contribution in [1.82, 2.24) is 4.90 Å². The summed E-state index contributed by atoms with van der Waals surface area (Å²) >= 11 is 2.25. The molecule has 210 valence electrons. The average molecular weight is 657 g/mol. The molecule has 1 amide bonds. The molecule has 0 spiro atoms. The first-order valence-electron chi connectivity index (χ1n) is 13.5. The summed E-state index contributed by atoms with van der Waals surface area (Å²) in [6, 6.07) is 17.0. The van der Waals surface area contributed by atoms with Gasteiger partial charge in [0.1, 0.15) is 23.0 Å². The number of carbonyl (C=O) groups excluding carboxylic acids is 1. The van der Waals surface area contributed by atoms with Crippen molar-refractivity contribution in [3.63, 3.8) is 0 Å². The van der Waals surface area contributed by atoms with E-state index >= 15 is 0 Å². The summed E-state index contributed by atoms with van der Waals surface area (Å²) in [6.07, 6.45) is 6.57. The van der Waals surface area contributed by atoms with Crippen LogP contribution in [-0.4, -0.2) is 57.0 Å². The number of fused-ring (bicyclic) bond motifs is 2. The highest BCUT2D eigenvalue weighted by molar-refractivity contribution is 14.1. The van der Waals surface area contributed by atoms with E-state index in [1.165, 1.54) is 0 Å². The fraction of sp³-hybridized carbons (Fsp3) is 0.355. The number of halogens is 1. The fourth-order valence-electron chi connectivity index (χ4n) is 4.80. The smallest absolute Gasteiger partial charge is 0.256 e. The maximum absolute atomic E-state index is 13.0. The molecular weight excluding hydrogens is 623 g/mol. The van der Waals surface area contributed by atoms with Crippen molar-refractivity contribution in [2.45, 2.75) is 38.1 Å². The third-order valence-corrected chi connectivity index (χ3v) is 7.81. The molecule has 1 fully saturated rings. The van der Waals surface area contributed by atoms with Crippen LogP contribution < -0.4 is 23.7 Å². The summed E-state index contributed by atoms with van der Waals surface area (Å²) in [4.78, 5) is 19.5. The maximum atomic E-state index is 13.0. The van der Waals surface area contributed by atoms with Crippen LogP contribution in [0.25, 0.3) is 0 Å². The molecule has 0 aliphatic carbocycles. The zero-order valence-electron chi connectivity index (χ0n) is 22.7. The second-order valence-electron chi connectivity index (χ2n) is 9.63. The van der Waals surface area contributed by atoms with Crippen LogP contribution in [0.1, 0.15) is 42.5 Å². The number of benzene rings is 3. The maximum Gasteiger partial charge on any atom is 0.256 e. The van der Waals surface area contributed by atoms with Gasteiger partial charge >= 0.3 is 0 Å². The Morgan fingerprint density at radius 2 is 1.60 bits per heavy atom. The van der Waals surface area contributed by atoms with Crippen LogP contribution in [0, 0.1) is 3.57 Å². The molecule has 0 radical (unpaired) electrons. The predicted molar refractivity (Wildman–Crippen MR) is 162 cm³/mol. The summed E-state index contributed by atoms with van der Waals surface area (Å²) in [7, 11) is 3.23. The number of methoxy groups -OCH3 is 2. The quantitative estimate of drug-likeness (QED) is 0.154. The third kappa shape index (κ3) is 6.63. The number of unbranched alkanes of at least 4 members (excludes halogenated alkanes) is 2. The van der Waals surface area contributed by atoms with Crippen molar-refractivity contribution in [2.75, 3.05) is 34.0 Å². The van der Waals surface area contributed by atoms with Gasteiger partial charge in [-0.25, -0.2) is 0 Å². The summed E-state index contributed by atoms with van der Waals surface area (Å²) in [5, 5.41) is 0. The molecule has 1 atom stereocenters. The monoisotopic (exact) mass is 656 g/mol. The van der Waals surface area contributed by atoms with Gasteiger partial charge in [0.25, 0.3) is 5.91 Å². The molecule has 1 saturated heterocycles. The first-order valence-corrected chi connectivity index (χ1v) is 14.6. The van der Waals surface area contributed by atoms with E-state index < -0.39 is 0 Å². The fourth-order valence-corrected chi connectivity index (χ4v) is 5.40. The van der Waals surface area contributed by atoms with Gasteiger partial charge in [0, 0.05) is 18.8 Å². The largest absolute Gasteiger partial charge is 0.497 e. The number of hydrogen-bond acceptors (Lipinski definition) is 7. The zero-order chi connectivity index (χ0) is 27.9. The van der Waals surface area contributed by atoms with Crippen LogP contribution in [-0.2, 0) is 0 Å². The minimum absolute atomic E-state index is 0.00828. The molecule has 3 aromatic rings. The van der Waals surface area contributed by atoms with E-state index in [0.29, 0.717) is 36.0 Å². The average Bonchev–Trinajstić information content (AvgIpc) is 3.41. The number of ether oxygens (including phenoxy) is 5. The van der Waals surface area contributed by atoms with Gasteiger partial charge in [-0.2, -0.15) is 0 Å². The van der Waals surface area contributed by atoms with E-state index in [9.17, 15) is 4.79 Å². The van der Waals surface area contributed by atoms with Crippen LogP contribution in [0.2, 0.25) is 0 Å². The molecule has 2 aliphatic heterocycles. The SMILES string of the molecule is COc1ccc(Oc2ccc(OCCCCCOc3cc4c(cc3OC)C(=O)N3CCC[C@H]3C=N4)cc2I)cc1. The van der Waals surface area contributed by atoms with Gasteiger partial charge in [-0.05, 0) is 103 Å². The lowest BCUT2D eigenvalue weighted by atomic mass is 10.1.